The van der Waals surface area contributed by atoms with Gasteiger partial charge in [0.25, 0.3) is 0 Å². The summed E-state index contributed by atoms with van der Waals surface area (Å²) in [5.41, 5.74) is 1.96. The van der Waals surface area contributed by atoms with E-state index in [-0.39, 0.29) is 11.9 Å². The number of rotatable bonds is 5. The summed E-state index contributed by atoms with van der Waals surface area (Å²) in [6.07, 6.45) is 10.2. The Morgan fingerprint density at radius 1 is 1.29 bits per heavy atom. The van der Waals surface area contributed by atoms with Crippen LogP contribution in [0, 0.1) is 0 Å². The Morgan fingerprint density at radius 2 is 2.17 bits per heavy atom. The van der Waals surface area contributed by atoms with Gasteiger partial charge in [-0.3, -0.25) is 14.8 Å². The van der Waals surface area contributed by atoms with Crippen LogP contribution in [0.25, 0.3) is 6.08 Å². The zero-order valence-electron chi connectivity index (χ0n) is 13.5. The largest absolute Gasteiger partial charge is 0.377 e. The van der Waals surface area contributed by atoms with Gasteiger partial charge in [0.1, 0.15) is 0 Å². The van der Waals surface area contributed by atoms with Crippen molar-refractivity contribution in [3.63, 3.8) is 0 Å². The minimum atomic E-state index is 0.0336. The second-order valence-corrected chi connectivity index (χ2v) is 5.74. The maximum absolute atomic E-state index is 12.5. The SMILES string of the molecule is O=C(/C=C/c1ccccc1)N1CCOCC1CCc1cnccn1. The molecule has 1 aliphatic rings. The van der Waals surface area contributed by atoms with Gasteiger partial charge in [-0.1, -0.05) is 30.3 Å². The van der Waals surface area contributed by atoms with E-state index >= 15 is 0 Å². The van der Waals surface area contributed by atoms with Crippen molar-refractivity contribution < 1.29 is 9.53 Å². The third kappa shape index (κ3) is 4.49. The fraction of sp³-hybridized carbons (Fsp3) is 0.316. The molecule has 0 saturated carbocycles. The van der Waals surface area contributed by atoms with Crippen molar-refractivity contribution in [2.45, 2.75) is 18.9 Å². The van der Waals surface area contributed by atoms with E-state index in [2.05, 4.69) is 9.97 Å². The Kier molecular flexibility index (Phi) is 5.69. The molecular formula is C19H21N3O2. The van der Waals surface area contributed by atoms with Crippen LogP contribution >= 0.6 is 0 Å². The number of morpholine rings is 1. The standard InChI is InChI=1S/C19H21N3O2/c23-19(9-6-16-4-2-1-3-5-16)22-12-13-24-15-18(22)8-7-17-14-20-10-11-21-17/h1-6,9-11,14,18H,7-8,12-13,15H2/b9-6+. The summed E-state index contributed by atoms with van der Waals surface area (Å²) >= 11 is 0. The summed E-state index contributed by atoms with van der Waals surface area (Å²) in [6.45, 7) is 1.79. The van der Waals surface area contributed by atoms with Gasteiger partial charge in [-0.15, -0.1) is 0 Å². The third-order valence-corrected chi connectivity index (χ3v) is 4.08. The molecule has 1 fully saturated rings. The third-order valence-electron chi connectivity index (χ3n) is 4.08. The molecule has 1 aromatic carbocycles. The molecular weight excluding hydrogens is 302 g/mol. The Morgan fingerprint density at radius 3 is 2.96 bits per heavy atom. The zero-order chi connectivity index (χ0) is 16.6. The molecule has 1 aliphatic heterocycles. The second kappa shape index (κ2) is 8.36. The van der Waals surface area contributed by atoms with Gasteiger partial charge in [0, 0.05) is 31.2 Å². The van der Waals surface area contributed by atoms with Crippen LogP contribution in [0.2, 0.25) is 0 Å². The average Bonchev–Trinajstić information content (AvgIpc) is 2.66. The first-order chi connectivity index (χ1) is 11.8. The number of benzene rings is 1. The lowest BCUT2D eigenvalue weighted by Crippen LogP contribution is -2.48. The van der Waals surface area contributed by atoms with Gasteiger partial charge in [-0.2, -0.15) is 0 Å². The van der Waals surface area contributed by atoms with Crippen LogP contribution in [-0.2, 0) is 16.0 Å². The van der Waals surface area contributed by atoms with Crippen molar-refractivity contribution in [3.8, 4) is 0 Å². The van der Waals surface area contributed by atoms with E-state index < -0.39 is 0 Å². The lowest BCUT2D eigenvalue weighted by atomic mass is 10.1. The fourth-order valence-electron chi connectivity index (χ4n) is 2.79. The van der Waals surface area contributed by atoms with E-state index in [0.29, 0.717) is 19.8 Å². The molecule has 1 aromatic heterocycles. The van der Waals surface area contributed by atoms with Crippen LogP contribution in [0.5, 0.6) is 0 Å². The summed E-state index contributed by atoms with van der Waals surface area (Å²) in [6, 6.07) is 9.92. The molecule has 124 valence electrons. The van der Waals surface area contributed by atoms with Crippen molar-refractivity contribution in [1.29, 1.82) is 0 Å². The normalized spacial score (nSPS) is 18.0. The molecule has 1 unspecified atom stereocenters. The van der Waals surface area contributed by atoms with Gasteiger partial charge in [0.15, 0.2) is 0 Å². The molecule has 0 N–H and O–H groups in total. The van der Waals surface area contributed by atoms with E-state index in [1.807, 2.05) is 41.3 Å². The molecule has 1 amide bonds. The summed E-state index contributed by atoms with van der Waals surface area (Å²) in [5.74, 6) is 0.0336. The number of nitrogens with zero attached hydrogens (tertiary/aromatic N) is 3. The first-order valence-electron chi connectivity index (χ1n) is 8.19. The highest BCUT2D eigenvalue weighted by atomic mass is 16.5. The van der Waals surface area contributed by atoms with Gasteiger partial charge in [0.2, 0.25) is 5.91 Å². The maximum Gasteiger partial charge on any atom is 0.246 e. The van der Waals surface area contributed by atoms with Crippen molar-refractivity contribution >= 4 is 12.0 Å². The van der Waals surface area contributed by atoms with Crippen LogP contribution in [0.15, 0.2) is 55.0 Å². The molecule has 5 nitrogen and oxygen atoms in total. The van der Waals surface area contributed by atoms with Gasteiger partial charge in [-0.25, -0.2) is 0 Å². The topological polar surface area (TPSA) is 55.3 Å². The van der Waals surface area contributed by atoms with Gasteiger partial charge in [0.05, 0.1) is 24.9 Å². The second-order valence-electron chi connectivity index (χ2n) is 5.74. The lowest BCUT2D eigenvalue weighted by Gasteiger charge is -2.35. The molecule has 24 heavy (non-hydrogen) atoms. The first-order valence-corrected chi connectivity index (χ1v) is 8.19. The van der Waals surface area contributed by atoms with Crippen LogP contribution in [0.3, 0.4) is 0 Å². The number of aromatic nitrogens is 2. The van der Waals surface area contributed by atoms with E-state index in [0.717, 1.165) is 24.1 Å². The van der Waals surface area contributed by atoms with E-state index in [1.54, 1.807) is 24.7 Å². The predicted octanol–water partition coefficient (Wildman–Crippen LogP) is 2.35. The van der Waals surface area contributed by atoms with Crippen molar-refractivity contribution in [2.75, 3.05) is 19.8 Å². The molecule has 2 heterocycles. The smallest absolute Gasteiger partial charge is 0.246 e. The zero-order valence-corrected chi connectivity index (χ0v) is 13.5. The van der Waals surface area contributed by atoms with Crippen molar-refractivity contribution in [1.82, 2.24) is 14.9 Å². The lowest BCUT2D eigenvalue weighted by molar-refractivity contribution is -0.134. The Labute approximate surface area is 142 Å². The summed E-state index contributed by atoms with van der Waals surface area (Å²) in [4.78, 5) is 22.8. The van der Waals surface area contributed by atoms with Gasteiger partial charge >= 0.3 is 0 Å². The summed E-state index contributed by atoms with van der Waals surface area (Å²) in [7, 11) is 0. The van der Waals surface area contributed by atoms with Crippen LogP contribution < -0.4 is 0 Å². The number of ether oxygens (including phenoxy) is 1. The summed E-state index contributed by atoms with van der Waals surface area (Å²) in [5, 5.41) is 0. The number of carbonyl (C=O) groups is 1. The molecule has 1 saturated heterocycles. The number of aryl methyl sites for hydroxylation is 1. The number of hydrogen-bond acceptors (Lipinski definition) is 4. The highest BCUT2D eigenvalue weighted by molar-refractivity contribution is 5.92. The fourth-order valence-corrected chi connectivity index (χ4v) is 2.79. The van der Waals surface area contributed by atoms with Crippen LogP contribution in [0.4, 0.5) is 0 Å². The van der Waals surface area contributed by atoms with Crippen LogP contribution in [-0.4, -0.2) is 46.6 Å². The van der Waals surface area contributed by atoms with Crippen molar-refractivity contribution in [2.24, 2.45) is 0 Å². The van der Waals surface area contributed by atoms with E-state index in [9.17, 15) is 4.79 Å². The number of carbonyl (C=O) groups excluding carboxylic acids is 1. The monoisotopic (exact) mass is 323 g/mol. The minimum Gasteiger partial charge on any atom is -0.377 e. The first kappa shape index (κ1) is 16.3. The molecule has 1 atom stereocenters. The Bertz CT molecular complexity index is 674. The number of amides is 1. The predicted molar refractivity (Wildman–Crippen MR) is 92.1 cm³/mol. The summed E-state index contributed by atoms with van der Waals surface area (Å²) < 4.78 is 5.56. The molecule has 2 aromatic rings. The molecule has 3 rings (SSSR count). The average molecular weight is 323 g/mol. The molecule has 0 radical (unpaired) electrons. The van der Waals surface area contributed by atoms with Gasteiger partial charge in [-0.05, 0) is 24.5 Å². The molecule has 0 bridgehead atoms. The van der Waals surface area contributed by atoms with Crippen LogP contribution in [0.1, 0.15) is 17.7 Å². The minimum absolute atomic E-state index is 0.0336. The molecule has 0 aliphatic carbocycles. The Hall–Kier alpha value is -2.53. The molecule has 0 spiro atoms. The molecule has 5 heteroatoms. The maximum atomic E-state index is 12.5. The Balaban J connectivity index is 1.61. The van der Waals surface area contributed by atoms with Gasteiger partial charge < -0.3 is 9.64 Å². The number of hydrogen-bond donors (Lipinski definition) is 0. The van der Waals surface area contributed by atoms with E-state index in [1.165, 1.54) is 0 Å². The quantitative estimate of drug-likeness (QED) is 0.793. The highest BCUT2D eigenvalue weighted by Gasteiger charge is 2.25. The highest BCUT2D eigenvalue weighted by Crippen LogP contribution is 2.14. The van der Waals surface area contributed by atoms with Crippen molar-refractivity contribution in [3.05, 3.63) is 66.3 Å². The van der Waals surface area contributed by atoms with E-state index in [4.69, 9.17) is 4.74 Å².